The monoisotopic (exact) mass is 400 g/mol. The molecular formula is C23H32N2O4. The highest BCUT2D eigenvalue weighted by molar-refractivity contribution is 5.82. The maximum atomic E-state index is 12.8. The van der Waals surface area contributed by atoms with Crippen LogP contribution < -0.4 is 0 Å². The van der Waals surface area contributed by atoms with Crippen molar-refractivity contribution in [2.24, 2.45) is 5.92 Å². The normalized spacial score (nSPS) is 27.3. The molecule has 3 heterocycles. The minimum atomic E-state index is -0.510. The third kappa shape index (κ3) is 4.92. The van der Waals surface area contributed by atoms with Crippen molar-refractivity contribution >= 4 is 12.1 Å². The fourth-order valence-corrected chi connectivity index (χ4v) is 5.09. The molecular weight excluding hydrogens is 368 g/mol. The maximum absolute atomic E-state index is 12.8. The number of amides is 1. The van der Waals surface area contributed by atoms with Gasteiger partial charge < -0.3 is 9.47 Å². The number of carbonyl (C=O) groups is 2. The van der Waals surface area contributed by atoms with E-state index in [4.69, 9.17) is 9.47 Å². The van der Waals surface area contributed by atoms with Crippen LogP contribution in [0, 0.1) is 5.92 Å². The fraction of sp³-hybridized carbons (Fsp3) is 0.652. The summed E-state index contributed by atoms with van der Waals surface area (Å²) in [7, 11) is 0. The summed E-state index contributed by atoms with van der Waals surface area (Å²) in [6, 6.07) is 9.64. The van der Waals surface area contributed by atoms with Crippen LogP contribution in [0.25, 0.3) is 0 Å². The minimum absolute atomic E-state index is 0.220. The van der Waals surface area contributed by atoms with E-state index < -0.39 is 12.1 Å². The van der Waals surface area contributed by atoms with Crippen molar-refractivity contribution in [2.45, 2.75) is 63.6 Å². The quantitative estimate of drug-likeness (QED) is 0.707. The van der Waals surface area contributed by atoms with Crippen LogP contribution in [0.4, 0.5) is 4.79 Å². The summed E-state index contributed by atoms with van der Waals surface area (Å²) < 4.78 is 11.2. The van der Waals surface area contributed by atoms with Crippen molar-refractivity contribution in [1.29, 1.82) is 0 Å². The molecule has 6 heteroatoms. The van der Waals surface area contributed by atoms with Crippen molar-refractivity contribution in [3.63, 3.8) is 0 Å². The van der Waals surface area contributed by atoms with Gasteiger partial charge in [-0.2, -0.15) is 0 Å². The fourth-order valence-electron chi connectivity index (χ4n) is 5.09. The molecule has 0 saturated carbocycles. The Kier molecular flexibility index (Phi) is 6.70. The summed E-state index contributed by atoms with van der Waals surface area (Å²) in [5, 5.41) is 0. The zero-order valence-electron chi connectivity index (χ0n) is 17.1. The van der Waals surface area contributed by atoms with Gasteiger partial charge in [0.1, 0.15) is 12.6 Å². The number of esters is 1. The highest BCUT2D eigenvalue weighted by Crippen LogP contribution is 2.31. The molecule has 0 radical (unpaired) electrons. The van der Waals surface area contributed by atoms with Gasteiger partial charge in [0.2, 0.25) is 0 Å². The molecule has 3 saturated heterocycles. The zero-order chi connectivity index (χ0) is 20.1. The van der Waals surface area contributed by atoms with Gasteiger partial charge in [-0.25, -0.2) is 9.59 Å². The van der Waals surface area contributed by atoms with E-state index in [1.165, 1.54) is 38.8 Å². The Balaban J connectivity index is 1.27. The van der Waals surface area contributed by atoms with E-state index >= 15 is 0 Å². The molecule has 3 aliphatic heterocycles. The molecule has 3 aliphatic rings. The smallest absolute Gasteiger partial charge is 0.410 e. The summed E-state index contributed by atoms with van der Waals surface area (Å²) in [6.45, 7) is 3.60. The van der Waals surface area contributed by atoms with Gasteiger partial charge in [0.05, 0.1) is 6.61 Å². The molecule has 4 rings (SSSR count). The Labute approximate surface area is 173 Å². The second-order valence-electron chi connectivity index (χ2n) is 8.52. The number of hydrogen-bond donors (Lipinski definition) is 0. The summed E-state index contributed by atoms with van der Waals surface area (Å²) in [4.78, 5) is 29.4. The van der Waals surface area contributed by atoms with Crippen LogP contribution >= 0.6 is 0 Å². The van der Waals surface area contributed by atoms with Gasteiger partial charge in [0, 0.05) is 18.5 Å². The van der Waals surface area contributed by atoms with Crippen LogP contribution in [-0.2, 0) is 20.9 Å². The van der Waals surface area contributed by atoms with Crippen LogP contribution in [0.5, 0.6) is 0 Å². The van der Waals surface area contributed by atoms with Crippen LogP contribution in [-0.4, -0.2) is 60.2 Å². The molecule has 3 fully saturated rings. The summed E-state index contributed by atoms with van der Waals surface area (Å²) in [6.07, 6.45) is 7.11. The van der Waals surface area contributed by atoms with E-state index in [0.717, 1.165) is 18.4 Å². The maximum Gasteiger partial charge on any atom is 0.410 e. The Morgan fingerprint density at radius 1 is 0.897 bits per heavy atom. The lowest BCUT2D eigenvalue weighted by molar-refractivity contribution is -0.151. The van der Waals surface area contributed by atoms with Crippen LogP contribution in [0.1, 0.15) is 50.5 Å². The minimum Gasteiger partial charge on any atom is -0.464 e. The SMILES string of the molecule is O=C(OC[C@H]1CCCN2CCCC[C@@H]12)[C@H]1CCCN1C(=O)OCc1ccccc1. The van der Waals surface area contributed by atoms with E-state index in [9.17, 15) is 9.59 Å². The largest absolute Gasteiger partial charge is 0.464 e. The predicted octanol–water partition coefficient (Wildman–Crippen LogP) is 3.60. The Bertz CT molecular complexity index is 693. The number of ether oxygens (including phenoxy) is 2. The third-order valence-electron chi connectivity index (χ3n) is 6.63. The first-order valence-electron chi connectivity index (χ1n) is 11.1. The van der Waals surface area contributed by atoms with E-state index in [1.807, 2.05) is 30.3 Å². The lowest BCUT2D eigenvalue weighted by Crippen LogP contribution is -2.49. The zero-order valence-corrected chi connectivity index (χ0v) is 17.1. The summed E-state index contributed by atoms with van der Waals surface area (Å²) in [5.41, 5.74) is 0.938. The number of carbonyl (C=O) groups excluding carboxylic acids is 2. The van der Waals surface area contributed by atoms with Crippen LogP contribution in [0.3, 0.4) is 0 Å². The van der Waals surface area contributed by atoms with Gasteiger partial charge in [0.25, 0.3) is 0 Å². The number of piperidine rings is 2. The van der Waals surface area contributed by atoms with E-state index in [1.54, 1.807) is 4.90 Å². The number of likely N-dealkylation sites (tertiary alicyclic amines) is 1. The molecule has 6 nitrogen and oxygen atoms in total. The average molecular weight is 401 g/mol. The number of benzene rings is 1. The summed E-state index contributed by atoms with van der Waals surface area (Å²) in [5.74, 6) is 0.153. The molecule has 0 N–H and O–H groups in total. The van der Waals surface area contributed by atoms with E-state index in [2.05, 4.69) is 4.90 Å². The van der Waals surface area contributed by atoms with Crippen molar-refractivity contribution in [1.82, 2.24) is 9.80 Å². The molecule has 0 unspecified atom stereocenters. The second kappa shape index (κ2) is 9.61. The van der Waals surface area contributed by atoms with Crippen molar-refractivity contribution < 1.29 is 19.1 Å². The molecule has 29 heavy (non-hydrogen) atoms. The first kappa shape index (κ1) is 20.2. The molecule has 0 spiro atoms. The van der Waals surface area contributed by atoms with Crippen molar-refractivity contribution in [2.75, 3.05) is 26.2 Å². The first-order valence-corrected chi connectivity index (χ1v) is 11.1. The van der Waals surface area contributed by atoms with Gasteiger partial charge in [0.15, 0.2) is 0 Å². The second-order valence-corrected chi connectivity index (χ2v) is 8.52. The molecule has 0 bridgehead atoms. The van der Waals surface area contributed by atoms with Crippen molar-refractivity contribution in [3.05, 3.63) is 35.9 Å². The predicted molar refractivity (Wildman–Crippen MR) is 109 cm³/mol. The third-order valence-corrected chi connectivity index (χ3v) is 6.63. The number of rotatable bonds is 5. The number of hydrogen-bond acceptors (Lipinski definition) is 5. The van der Waals surface area contributed by atoms with Crippen LogP contribution in [0.2, 0.25) is 0 Å². The van der Waals surface area contributed by atoms with Gasteiger partial charge in [-0.3, -0.25) is 9.80 Å². The number of fused-ring (bicyclic) bond motifs is 1. The molecule has 1 amide bonds. The standard InChI is InChI=1S/C23H32N2O4/c26-22(28-17-19-10-6-14-24-13-5-4-11-20(19)24)21-12-7-15-25(21)23(27)29-16-18-8-2-1-3-9-18/h1-3,8-9,19-21H,4-7,10-17H2/t19-,20+,21-/m1/s1. The molecule has 1 aromatic rings. The van der Waals surface area contributed by atoms with Crippen molar-refractivity contribution in [3.8, 4) is 0 Å². The van der Waals surface area contributed by atoms with Crippen LogP contribution in [0.15, 0.2) is 30.3 Å². The molecule has 0 aromatic heterocycles. The van der Waals surface area contributed by atoms with Gasteiger partial charge >= 0.3 is 12.1 Å². The Morgan fingerprint density at radius 3 is 2.55 bits per heavy atom. The number of nitrogens with zero attached hydrogens (tertiary/aromatic N) is 2. The lowest BCUT2D eigenvalue weighted by atomic mass is 9.84. The van der Waals surface area contributed by atoms with Gasteiger partial charge in [-0.15, -0.1) is 0 Å². The summed E-state index contributed by atoms with van der Waals surface area (Å²) >= 11 is 0. The van der Waals surface area contributed by atoms with Gasteiger partial charge in [-0.1, -0.05) is 36.8 Å². The highest BCUT2D eigenvalue weighted by atomic mass is 16.6. The topological polar surface area (TPSA) is 59.1 Å². The highest BCUT2D eigenvalue weighted by Gasteiger charge is 2.38. The van der Waals surface area contributed by atoms with Gasteiger partial charge in [-0.05, 0) is 57.2 Å². The molecule has 1 aromatic carbocycles. The average Bonchev–Trinajstić information content (AvgIpc) is 3.27. The van der Waals surface area contributed by atoms with E-state index in [0.29, 0.717) is 31.5 Å². The first-order chi connectivity index (χ1) is 14.2. The molecule has 3 atom stereocenters. The molecule has 158 valence electrons. The molecule has 0 aliphatic carbocycles. The Morgan fingerprint density at radius 2 is 1.69 bits per heavy atom. The lowest BCUT2D eigenvalue weighted by Gasteiger charge is -2.44. The Hall–Kier alpha value is -2.08. The van der Waals surface area contributed by atoms with E-state index in [-0.39, 0.29) is 12.6 Å².